The van der Waals surface area contributed by atoms with Gasteiger partial charge in [-0.05, 0) is 25.6 Å². The Morgan fingerprint density at radius 3 is 2.53 bits per heavy atom. The fraction of sp³-hybridized carbons (Fsp3) is 0.636. The third kappa shape index (κ3) is 4.17. The van der Waals surface area contributed by atoms with E-state index >= 15 is 0 Å². The Morgan fingerprint density at radius 1 is 1.47 bits per heavy atom. The third-order valence-electron chi connectivity index (χ3n) is 2.66. The number of halogens is 3. The molecule has 0 saturated carbocycles. The minimum absolute atomic E-state index is 0.173. The lowest BCUT2D eigenvalue weighted by Gasteiger charge is -2.31. The lowest BCUT2D eigenvalue weighted by atomic mass is 10.0. The molecule has 98 valence electrons. The Balaban J connectivity index is 2.87. The molecule has 0 aliphatic carbocycles. The van der Waals surface area contributed by atoms with Gasteiger partial charge in [0.05, 0.1) is 16.9 Å². The molecule has 17 heavy (non-hydrogen) atoms. The Hall–Kier alpha value is -0.230. The third-order valence-corrected chi connectivity index (χ3v) is 3.97. The van der Waals surface area contributed by atoms with Crippen molar-refractivity contribution in [3.8, 4) is 0 Å². The summed E-state index contributed by atoms with van der Waals surface area (Å²) in [6, 6.07) is 3.25. The van der Waals surface area contributed by atoms with Gasteiger partial charge in [-0.3, -0.25) is 4.90 Å². The first-order valence-electron chi connectivity index (χ1n) is 5.44. The number of nitrogens with zero attached hydrogens (tertiary/aromatic N) is 1. The highest BCUT2D eigenvalue weighted by atomic mass is 35.5. The molecule has 0 aliphatic rings. The number of alkyl halides is 2. The van der Waals surface area contributed by atoms with E-state index in [0.29, 0.717) is 4.34 Å². The molecule has 2 N–H and O–H groups in total. The molecule has 0 aromatic carbocycles. The molecule has 0 bridgehead atoms. The van der Waals surface area contributed by atoms with Crippen LogP contribution in [0.4, 0.5) is 8.78 Å². The maximum absolute atomic E-state index is 12.4. The molecule has 1 heterocycles. The van der Waals surface area contributed by atoms with Crippen molar-refractivity contribution >= 4 is 22.9 Å². The zero-order valence-corrected chi connectivity index (χ0v) is 11.4. The van der Waals surface area contributed by atoms with E-state index < -0.39 is 6.43 Å². The average Bonchev–Trinajstić information content (AvgIpc) is 2.63. The van der Waals surface area contributed by atoms with Gasteiger partial charge in [0, 0.05) is 10.9 Å². The van der Waals surface area contributed by atoms with Gasteiger partial charge < -0.3 is 5.73 Å². The van der Waals surface area contributed by atoms with Crippen molar-refractivity contribution in [3.05, 3.63) is 21.3 Å². The van der Waals surface area contributed by atoms with E-state index in [1.54, 1.807) is 18.0 Å². The first kappa shape index (κ1) is 14.8. The number of likely N-dealkylation sites (N-methyl/N-ethyl adjacent to an activating group) is 1. The lowest BCUT2D eigenvalue weighted by Crippen LogP contribution is -2.40. The van der Waals surface area contributed by atoms with Gasteiger partial charge in [-0.15, -0.1) is 11.3 Å². The highest BCUT2D eigenvalue weighted by molar-refractivity contribution is 7.16. The van der Waals surface area contributed by atoms with Crippen molar-refractivity contribution in [2.45, 2.75) is 31.9 Å². The molecule has 1 aromatic heterocycles. The highest BCUT2D eigenvalue weighted by Gasteiger charge is 2.26. The standard InChI is InChI=1S/C11H17ClF2N2S/c1-3-7(15)11(16(2)6-10(13)14)8-4-5-9(12)17-8/h4-5,7,10-11H,3,6,15H2,1-2H3. The maximum Gasteiger partial charge on any atom is 0.251 e. The van der Waals surface area contributed by atoms with E-state index in [-0.39, 0.29) is 18.6 Å². The van der Waals surface area contributed by atoms with E-state index in [2.05, 4.69) is 0 Å². The van der Waals surface area contributed by atoms with Gasteiger partial charge >= 0.3 is 0 Å². The Morgan fingerprint density at radius 2 is 2.12 bits per heavy atom. The first-order chi connectivity index (χ1) is 7.95. The van der Waals surface area contributed by atoms with E-state index in [0.717, 1.165) is 11.3 Å². The second-order valence-corrected chi connectivity index (χ2v) is 5.74. The number of hydrogen-bond acceptors (Lipinski definition) is 3. The van der Waals surface area contributed by atoms with Gasteiger partial charge in [0.25, 0.3) is 6.43 Å². The van der Waals surface area contributed by atoms with Crippen LogP contribution in [-0.4, -0.2) is 31.0 Å². The summed E-state index contributed by atoms with van der Waals surface area (Å²) in [6.45, 7) is 1.66. The minimum atomic E-state index is -2.36. The maximum atomic E-state index is 12.4. The van der Waals surface area contributed by atoms with Gasteiger partial charge in [-0.1, -0.05) is 18.5 Å². The van der Waals surface area contributed by atoms with Gasteiger partial charge in [0.1, 0.15) is 0 Å². The molecule has 2 nitrogen and oxygen atoms in total. The van der Waals surface area contributed by atoms with Crippen molar-refractivity contribution in [1.82, 2.24) is 4.90 Å². The Labute approximate surface area is 109 Å². The molecule has 1 rings (SSSR count). The SMILES string of the molecule is CCC(N)C(c1ccc(Cl)s1)N(C)CC(F)F. The summed E-state index contributed by atoms with van der Waals surface area (Å²) >= 11 is 7.27. The molecule has 0 radical (unpaired) electrons. The predicted molar refractivity (Wildman–Crippen MR) is 69.0 cm³/mol. The summed E-state index contributed by atoms with van der Waals surface area (Å²) in [5, 5.41) is 0. The zero-order chi connectivity index (χ0) is 13.0. The summed E-state index contributed by atoms with van der Waals surface area (Å²) < 4.78 is 25.5. The number of nitrogens with two attached hydrogens (primary N) is 1. The average molecular weight is 283 g/mol. The molecule has 0 saturated heterocycles. The number of hydrogen-bond donors (Lipinski definition) is 1. The number of thiophene rings is 1. The van der Waals surface area contributed by atoms with Gasteiger partial charge in [0.2, 0.25) is 0 Å². The first-order valence-corrected chi connectivity index (χ1v) is 6.64. The van der Waals surface area contributed by atoms with Crippen molar-refractivity contribution < 1.29 is 8.78 Å². The van der Waals surface area contributed by atoms with E-state index in [4.69, 9.17) is 17.3 Å². The monoisotopic (exact) mass is 282 g/mol. The van der Waals surface area contributed by atoms with Crippen molar-refractivity contribution in [2.24, 2.45) is 5.73 Å². The van der Waals surface area contributed by atoms with Gasteiger partial charge in [-0.2, -0.15) is 0 Å². The van der Waals surface area contributed by atoms with Crippen LogP contribution in [0.25, 0.3) is 0 Å². The highest BCUT2D eigenvalue weighted by Crippen LogP contribution is 2.32. The van der Waals surface area contributed by atoms with E-state index in [1.165, 1.54) is 11.3 Å². The summed E-state index contributed by atoms with van der Waals surface area (Å²) in [4.78, 5) is 2.54. The lowest BCUT2D eigenvalue weighted by molar-refractivity contribution is 0.0744. The van der Waals surface area contributed by atoms with Crippen LogP contribution >= 0.6 is 22.9 Å². The van der Waals surface area contributed by atoms with Crippen LogP contribution in [0, 0.1) is 0 Å². The second kappa shape index (κ2) is 6.64. The zero-order valence-electron chi connectivity index (χ0n) is 9.87. The van der Waals surface area contributed by atoms with Crippen LogP contribution < -0.4 is 5.73 Å². The van der Waals surface area contributed by atoms with Crippen LogP contribution in [-0.2, 0) is 0 Å². The topological polar surface area (TPSA) is 29.3 Å². The molecule has 0 amide bonds. The van der Waals surface area contributed by atoms with E-state index in [1.807, 2.05) is 13.0 Å². The summed E-state index contributed by atoms with van der Waals surface area (Å²) in [5.74, 6) is 0. The van der Waals surface area contributed by atoms with Gasteiger partial charge in [-0.25, -0.2) is 8.78 Å². The summed E-state index contributed by atoms with van der Waals surface area (Å²) in [5.41, 5.74) is 6.01. The Kier molecular flexibility index (Phi) is 5.79. The fourth-order valence-corrected chi connectivity index (χ4v) is 3.10. The van der Waals surface area contributed by atoms with Crippen LogP contribution in [0.5, 0.6) is 0 Å². The van der Waals surface area contributed by atoms with Crippen molar-refractivity contribution in [1.29, 1.82) is 0 Å². The smallest absolute Gasteiger partial charge is 0.251 e. The molecular weight excluding hydrogens is 266 g/mol. The van der Waals surface area contributed by atoms with E-state index in [9.17, 15) is 8.78 Å². The summed E-state index contributed by atoms with van der Waals surface area (Å²) in [7, 11) is 1.67. The van der Waals surface area contributed by atoms with Crippen LogP contribution in [0.2, 0.25) is 4.34 Å². The molecule has 1 aromatic rings. The Bertz CT molecular complexity index is 346. The van der Waals surface area contributed by atoms with Crippen LogP contribution in [0.3, 0.4) is 0 Å². The van der Waals surface area contributed by atoms with Crippen molar-refractivity contribution in [2.75, 3.05) is 13.6 Å². The predicted octanol–water partition coefficient (Wildman–Crippen LogP) is 3.38. The fourth-order valence-electron chi connectivity index (χ4n) is 1.80. The number of rotatable bonds is 6. The molecule has 0 aliphatic heterocycles. The molecule has 6 heteroatoms. The van der Waals surface area contributed by atoms with Crippen LogP contribution in [0.15, 0.2) is 12.1 Å². The van der Waals surface area contributed by atoms with Crippen LogP contribution in [0.1, 0.15) is 24.3 Å². The van der Waals surface area contributed by atoms with Crippen molar-refractivity contribution in [3.63, 3.8) is 0 Å². The normalized spacial score (nSPS) is 15.5. The van der Waals surface area contributed by atoms with Gasteiger partial charge in [0.15, 0.2) is 0 Å². The quantitative estimate of drug-likeness (QED) is 0.867. The molecule has 0 fully saturated rings. The minimum Gasteiger partial charge on any atom is -0.326 e. The molecular formula is C11H17ClF2N2S. The molecule has 2 atom stereocenters. The molecule has 2 unspecified atom stereocenters. The molecule has 0 spiro atoms. The summed E-state index contributed by atoms with van der Waals surface area (Å²) in [6.07, 6.45) is -1.63. The second-order valence-electron chi connectivity index (χ2n) is 3.99. The largest absolute Gasteiger partial charge is 0.326 e.